The lowest BCUT2D eigenvalue weighted by Crippen LogP contribution is -2.37. The number of rotatable bonds is 4. The molecule has 1 atom stereocenters. The number of aromatic amines is 1. The lowest BCUT2D eigenvalue weighted by molar-refractivity contribution is -0.139. The van der Waals surface area contributed by atoms with Crippen LogP contribution in [0.4, 0.5) is 0 Å². The van der Waals surface area contributed by atoms with Crippen molar-refractivity contribution in [3.8, 4) is 0 Å². The summed E-state index contributed by atoms with van der Waals surface area (Å²) >= 11 is 0. The van der Waals surface area contributed by atoms with E-state index >= 15 is 0 Å². The van der Waals surface area contributed by atoms with E-state index in [0.717, 1.165) is 42.4 Å². The second-order valence-electron chi connectivity index (χ2n) is 6.37. The lowest BCUT2D eigenvalue weighted by atomic mass is 9.84. The van der Waals surface area contributed by atoms with E-state index in [0.29, 0.717) is 12.3 Å². The zero-order chi connectivity index (χ0) is 16.4. The molecule has 5 heteroatoms. The van der Waals surface area contributed by atoms with Gasteiger partial charge in [-0.05, 0) is 36.8 Å². The molecule has 1 saturated heterocycles. The molecule has 122 valence electrons. The number of carboxylic acids is 1. The second kappa shape index (κ2) is 6.44. The Morgan fingerprint density at radius 1 is 1.30 bits per heavy atom. The summed E-state index contributed by atoms with van der Waals surface area (Å²) in [4.78, 5) is 28.2. The summed E-state index contributed by atoms with van der Waals surface area (Å²) in [7, 11) is 0. The summed E-state index contributed by atoms with van der Waals surface area (Å²) < 4.78 is 0. The Bertz CT molecular complexity index is 714. The molecule has 1 aliphatic heterocycles. The molecule has 1 aromatic heterocycles. The summed E-state index contributed by atoms with van der Waals surface area (Å²) in [5.74, 6) is -0.820. The molecule has 0 spiro atoms. The van der Waals surface area contributed by atoms with Crippen LogP contribution in [0.5, 0.6) is 0 Å². The van der Waals surface area contributed by atoms with E-state index in [9.17, 15) is 14.7 Å². The van der Waals surface area contributed by atoms with Crippen molar-refractivity contribution in [3.63, 3.8) is 0 Å². The molecular weight excluding hydrogens is 292 g/mol. The van der Waals surface area contributed by atoms with Crippen molar-refractivity contribution in [2.75, 3.05) is 13.1 Å². The smallest absolute Gasteiger partial charge is 0.311 e. The predicted octanol–water partition coefficient (Wildman–Crippen LogP) is 2.98. The number of nitrogens with one attached hydrogen (secondary N) is 1. The van der Waals surface area contributed by atoms with Crippen molar-refractivity contribution >= 4 is 22.8 Å². The van der Waals surface area contributed by atoms with Crippen LogP contribution >= 0.6 is 0 Å². The van der Waals surface area contributed by atoms with Gasteiger partial charge in [0, 0.05) is 37.1 Å². The van der Waals surface area contributed by atoms with Crippen molar-refractivity contribution in [3.05, 3.63) is 36.0 Å². The summed E-state index contributed by atoms with van der Waals surface area (Å²) in [5.41, 5.74) is 1.84. The highest BCUT2D eigenvalue weighted by atomic mass is 16.4. The van der Waals surface area contributed by atoms with Gasteiger partial charge in [0.05, 0.1) is 5.92 Å². The number of H-pyrrole nitrogens is 1. The summed E-state index contributed by atoms with van der Waals surface area (Å²) in [6.45, 7) is 3.06. The highest BCUT2D eigenvalue weighted by molar-refractivity contribution is 5.89. The Morgan fingerprint density at radius 2 is 2.00 bits per heavy atom. The number of carboxylic acid groups (broad SMARTS) is 1. The van der Waals surface area contributed by atoms with Crippen molar-refractivity contribution in [2.24, 2.45) is 5.92 Å². The first kappa shape index (κ1) is 15.6. The summed E-state index contributed by atoms with van der Waals surface area (Å²) in [5, 5.41) is 10.7. The molecule has 1 amide bonds. The quantitative estimate of drug-likeness (QED) is 0.911. The first-order valence-corrected chi connectivity index (χ1v) is 8.10. The Kier molecular flexibility index (Phi) is 4.37. The highest BCUT2D eigenvalue weighted by Gasteiger charge is 2.29. The first-order valence-electron chi connectivity index (χ1n) is 8.10. The fraction of sp³-hybridized carbons (Fsp3) is 0.444. The molecule has 2 N–H and O–H groups in total. The fourth-order valence-electron chi connectivity index (χ4n) is 3.56. The number of hydrogen-bond acceptors (Lipinski definition) is 2. The second-order valence-corrected chi connectivity index (χ2v) is 6.37. The van der Waals surface area contributed by atoms with Crippen molar-refractivity contribution in [2.45, 2.75) is 32.1 Å². The van der Waals surface area contributed by atoms with Gasteiger partial charge in [0.15, 0.2) is 0 Å². The van der Waals surface area contributed by atoms with Gasteiger partial charge >= 0.3 is 5.97 Å². The Hall–Kier alpha value is -2.30. The zero-order valence-electron chi connectivity index (χ0n) is 13.3. The minimum absolute atomic E-state index is 0.106. The molecule has 0 radical (unpaired) electrons. The van der Waals surface area contributed by atoms with Crippen molar-refractivity contribution in [1.29, 1.82) is 0 Å². The molecule has 1 fully saturated rings. The topological polar surface area (TPSA) is 73.4 Å². The van der Waals surface area contributed by atoms with E-state index in [1.165, 1.54) is 0 Å². The number of carbonyl (C=O) groups is 2. The van der Waals surface area contributed by atoms with E-state index in [1.54, 1.807) is 6.92 Å². The third kappa shape index (κ3) is 3.23. The van der Waals surface area contributed by atoms with Gasteiger partial charge in [-0.15, -0.1) is 0 Å². The van der Waals surface area contributed by atoms with Crippen LogP contribution in [0, 0.1) is 5.92 Å². The Balaban J connectivity index is 1.76. The summed E-state index contributed by atoms with van der Waals surface area (Å²) in [6, 6.07) is 7.80. The van der Waals surface area contributed by atoms with Gasteiger partial charge in [-0.2, -0.15) is 0 Å². The van der Waals surface area contributed by atoms with Crippen LogP contribution in [-0.2, 0) is 9.59 Å². The van der Waals surface area contributed by atoms with Gasteiger partial charge in [0.2, 0.25) is 5.91 Å². The van der Waals surface area contributed by atoms with Gasteiger partial charge in [0.25, 0.3) is 0 Å². The van der Waals surface area contributed by atoms with Crippen LogP contribution in [-0.4, -0.2) is 40.0 Å². The zero-order valence-corrected chi connectivity index (χ0v) is 13.3. The molecule has 23 heavy (non-hydrogen) atoms. The number of benzene rings is 1. The van der Waals surface area contributed by atoms with E-state index in [1.807, 2.05) is 35.4 Å². The molecule has 1 aromatic carbocycles. The van der Waals surface area contributed by atoms with Crippen LogP contribution in [0.1, 0.15) is 37.7 Å². The molecule has 0 bridgehead atoms. The molecule has 2 aromatic rings. The standard InChI is InChI=1S/C18H22N2O3/c1-12(21)20-8-6-13(7-9-20)10-15(18(22)23)16-11-19-17-5-3-2-4-14(16)17/h2-5,11,13,15,19H,6-10H2,1H3,(H,22,23). The van der Waals surface area contributed by atoms with Crippen molar-refractivity contribution < 1.29 is 14.7 Å². The number of nitrogens with zero attached hydrogens (tertiary/aromatic N) is 1. The van der Waals surface area contributed by atoms with Gasteiger partial charge in [-0.1, -0.05) is 18.2 Å². The van der Waals surface area contributed by atoms with E-state index < -0.39 is 11.9 Å². The number of amides is 1. The maximum absolute atomic E-state index is 11.8. The van der Waals surface area contributed by atoms with Crippen LogP contribution < -0.4 is 0 Å². The first-order chi connectivity index (χ1) is 11.1. The third-order valence-electron chi connectivity index (χ3n) is 4.92. The van der Waals surface area contributed by atoms with Gasteiger partial charge < -0.3 is 15.0 Å². The number of fused-ring (bicyclic) bond motifs is 1. The van der Waals surface area contributed by atoms with E-state index in [-0.39, 0.29) is 5.91 Å². The van der Waals surface area contributed by atoms with E-state index in [2.05, 4.69) is 4.98 Å². The number of aliphatic carboxylic acids is 1. The predicted molar refractivity (Wildman–Crippen MR) is 88.3 cm³/mol. The average Bonchev–Trinajstić information content (AvgIpc) is 2.96. The normalized spacial score (nSPS) is 17.3. The van der Waals surface area contributed by atoms with Gasteiger partial charge in [-0.3, -0.25) is 9.59 Å². The molecule has 1 unspecified atom stereocenters. The molecule has 0 aliphatic carbocycles. The molecule has 1 aliphatic rings. The highest BCUT2D eigenvalue weighted by Crippen LogP contribution is 2.33. The van der Waals surface area contributed by atoms with Crippen LogP contribution in [0.2, 0.25) is 0 Å². The largest absolute Gasteiger partial charge is 0.481 e. The fourth-order valence-corrected chi connectivity index (χ4v) is 3.56. The van der Waals surface area contributed by atoms with Gasteiger partial charge in [-0.25, -0.2) is 0 Å². The molecule has 2 heterocycles. The lowest BCUT2D eigenvalue weighted by Gasteiger charge is -2.32. The molecule has 5 nitrogen and oxygen atoms in total. The Morgan fingerprint density at radius 3 is 2.65 bits per heavy atom. The van der Waals surface area contributed by atoms with Crippen LogP contribution in [0.15, 0.2) is 30.5 Å². The summed E-state index contributed by atoms with van der Waals surface area (Å²) in [6.07, 6.45) is 4.22. The number of likely N-dealkylation sites (tertiary alicyclic amines) is 1. The third-order valence-corrected chi connectivity index (χ3v) is 4.92. The van der Waals surface area contributed by atoms with Crippen LogP contribution in [0.3, 0.4) is 0 Å². The monoisotopic (exact) mass is 314 g/mol. The average molecular weight is 314 g/mol. The maximum atomic E-state index is 11.8. The minimum atomic E-state index is -0.774. The maximum Gasteiger partial charge on any atom is 0.311 e. The van der Waals surface area contributed by atoms with Crippen LogP contribution in [0.25, 0.3) is 10.9 Å². The number of piperidine rings is 1. The number of carbonyl (C=O) groups excluding carboxylic acids is 1. The number of para-hydroxylation sites is 1. The molecular formula is C18H22N2O3. The Labute approximate surface area is 135 Å². The number of aromatic nitrogens is 1. The molecule has 0 saturated carbocycles. The van der Waals surface area contributed by atoms with Gasteiger partial charge in [0.1, 0.15) is 0 Å². The number of hydrogen-bond donors (Lipinski definition) is 2. The minimum Gasteiger partial charge on any atom is -0.481 e. The SMILES string of the molecule is CC(=O)N1CCC(CC(C(=O)O)c2c[nH]c3ccccc23)CC1. The van der Waals surface area contributed by atoms with E-state index in [4.69, 9.17) is 0 Å². The molecule has 3 rings (SSSR count). The van der Waals surface area contributed by atoms with Crippen molar-refractivity contribution in [1.82, 2.24) is 9.88 Å².